The molecule has 0 saturated carbocycles. The molecule has 0 aromatic heterocycles. The van der Waals surface area contributed by atoms with Crippen molar-refractivity contribution in [1.29, 1.82) is 0 Å². The van der Waals surface area contributed by atoms with Gasteiger partial charge in [-0.05, 0) is 11.5 Å². The quantitative estimate of drug-likeness (QED) is 0.272. The van der Waals surface area contributed by atoms with Crippen LogP contribution in [-0.4, -0.2) is 23.4 Å². The zero-order valence-corrected chi connectivity index (χ0v) is 15.7. The van der Waals surface area contributed by atoms with Crippen LogP contribution in [0.15, 0.2) is 48.5 Å². The molecule has 126 valence electrons. The van der Waals surface area contributed by atoms with Gasteiger partial charge < -0.3 is 9.47 Å². The van der Waals surface area contributed by atoms with Gasteiger partial charge in [0.25, 0.3) is 0 Å². The van der Waals surface area contributed by atoms with Crippen molar-refractivity contribution >= 4 is 45.1 Å². The van der Waals surface area contributed by atoms with Crippen LogP contribution >= 0.6 is 23.5 Å². The third kappa shape index (κ3) is 3.60. The first-order valence-electron chi connectivity index (χ1n) is 8.21. The van der Waals surface area contributed by atoms with Crippen molar-refractivity contribution in [3.8, 4) is 11.5 Å². The Balaban J connectivity index is 2.17. The van der Waals surface area contributed by atoms with Gasteiger partial charge in [0, 0.05) is 21.5 Å². The second-order valence-corrected chi connectivity index (χ2v) is 7.70. The van der Waals surface area contributed by atoms with Gasteiger partial charge in [-0.15, -0.1) is 23.5 Å². The second-order valence-electron chi connectivity index (χ2n) is 5.26. The topological polar surface area (TPSA) is 18.5 Å². The van der Waals surface area contributed by atoms with Crippen LogP contribution in [0.4, 0.5) is 0 Å². The largest absolute Gasteiger partial charge is 0.482 e. The highest BCUT2D eigenvalue weighted by Crippen LogP contribution is 2.43. The smallest absolute Gasteiger partial charge is 0.136 e. The molecule has 0 heterocycles. The SMILES string of the molecule is CCSCOc1c2ccccc2c(OCSCC)c2ccccc12. The molecule has 0 bridgehead atoms. The summed E-state index contributed by atoms with van der Waals surface area (Å²) in [5, 5.41) is 4.46. The van der Waals surface area contributed by atoms with Crippen LogP contribution < -0.4 is 9.47 Å². The van der Waals surface area contributed by atoms with E-state index in [1.54, 1.807) is 23.5 Å². The van der Waals surface area contributed by atoms with E-state index in [0.29, 0.717) is 11.9 Å². The van der Waals surface area contributed by atoms with Gasteiger partial charge in [-0.1, -0.05) is 62.4 Å². The van der Waals surface area contributed by atoms with Gasteiger partial charge in [-0.2, -0.15) is 0 Å². The first kappa shape index (κ1) is 17.3. The van der Waals surface area contributed by atoms with Crippen molar-refractivity contribution in [2.45, 2.75) is 13.8 Å². The molecule has 3 aromatic rings. The number of thioether (sulfide) groups is 2. The van der Waals surface area contributed by atoms with Gasteiger partial charge in [0.15, 0.2) is 0 Å². The van der Waals surface area contributed by atoms with Gasteiger partial charge in [0.1, 0.15) is 23.4 Å². The van der Waals surface area contributed by atoms with E-state index in [4.69, 9.17) is 9.47 Å². The molecular weight excluding hydrogens is 336 g/mol. The molecule has 0 aliphatic carbocycles. The van der Waals surface area contributed by atoms with E-state index in [1.165, 1.54) is 0 Å². The Kier molecular flexibility index (Phi) is 6.16. The third-order valence-corrected chi connectivity index (χ3v) is 5.20. The van der Waals surface area contributed by atoms with Crippen molar-refractivity contribution in [2.24, 2.45) is 0 Å². The fourth-order valence-electron chi connectivity index (χ4n) is 2.73. The lowest BCUT2D eigenvalue weighted by Gasteiger charge is -2.17. The summed E-state index contributed by atoms with van der Waals surface area (Å²) in [6, 6.07) is 16.7. The van der Waals surface area contributed by atoms with Crippen LogP contribution in [0.5, 0.6) is 11.5 Å². The zero-order chi connectivity index (χ0) is 16.8. The number of hydrogen-bond donors (Lipinski definition) is 0. The maximum Gasteiger partial charge on any atom is 0.136 e. The van der Waals surface area contributed by atoms with Crippen LogP contribution in [0.1, 0.15) is 13.8 Å². The zero-order valence-electron chi connectivity index (χ0n) is 14.1. The number of fused-ring (bicyclic) bond motifs is 2. The molecule has 0 radical (unpaired) electrons. The Hall–Kier alpha value is -1.52. The monoisotopic (exact) mass is 358 g/mol. The standard InChI is InChI=1S/C20H22O2S2/c1-3-23-13-21-19-15-9-5-7-11-17(15)20(22-14-24-4-2)18-12-8-6-10-16(18)19/h5-12H,3-4,13-14H2,1-2H3. The minimum absolute atomic E-state index is 0.663. The molecule has 2 nitrogen and oxygen atoms in total. The molecule has 0 amide bonds. The summed E-state index contributed by atoms with van der Waals surface area (Å²) in [5.74, 6) is 5.33. The average Bonchev–Trinajstić information content (AvgIpc) is 2.63. The molecule has 4 heteroatoms. The lowest BCUT2D eigenvalue weighted by Crippen LogP contribution is -1.99. The molecule has 0 fully saturated rings. The van der Waals surface area contributed by atoms with Crippen molar-refractivity contribution in [2.75, 3.05) is 23.4 Å². The van der Waals surface area contributed by atoms with Gasteiger partial charge in [0.05, 0.1) is 0 Å². The van der Waals surface area contributed by atoms with Gasteiger partial charge in [0.2, 0.25) is 0 Å². The Morgan fingerprint density at radius 3 is 1.25 bits per heavy atom. The Labute approximate surface area is 151 Å². The number of hydrogen-bond acceptors (Lipinski definition) is 4. The Bertz CT molecular complexity index is 692. The van der Waals surface area contributed by atoms with E-state index in [2.05, 4.69) is 62.4 Å². The fourth-order valence-corrected chi connectivity index (χ4v) is 3.46. The lowest BCUT2D eigenvalue weighted by molar-refractivity contribution is 0.396. The highest BCUT2D eigenvalue weighted by molar-refractivity contribution is 7.99. The number of benzene rings is 3. The summed E-state index contributed by atoms with van der Waals surface area (Å²) in [7, 11) is 0. The maximum absolute atomic E-state index is 6.16. The summed E-state index contributed by atoms with van der Waals surface area (Å²) in [5.41, 5.74) is 0. The highest BCUT2D eigenvalue weighted by Gasteiger charge is 2.15. The summed E-state index contributed by atoms with van der Waals surface area (Å²) < 4.78 is 12.3. The van der Waals surface area contributed by atoms with Gasteiger partial charge in [-0.25, -0.2) is 0 Å². The predicted molar refractivity (Wildman–Crippen MR) is 109 cm³/mol. The highest BCUT2D eigenvalue weighted by atomic mass is 32.2. The van der Waals surface area contributed by atoms with Crippen LogP contribution in [-0.2, 0) is 0 Å². The van der Waals surface area contributed by atoms with Crippen molar-refractivity contribution in [3.63, 3.8) is 0 Å². The molecule has 24 heavy (non-hydrogen) atoms. The van der Waals surface area contributed by atoms with Crippen molar-refractivity contribution in [1.82, 2.24) is 0 Å². The predicted octanol–water partition coefficient (Wildman–Crippen LogP) is 6.17. The van der Waals surface area contributed by atoms with Gasteiger partial charge >= 0.3 is 0 Å². The summed E-state index contributed by atoms with van der Waals surface area (Å²) in [4.78, 5) is 0. The lowest BCUT2D eigenvalue weighted by atomic mass is 10.0. The number of ether oxygens (including phenoxy) is 2. The Morgan fingerprint density at radius 1 is 0.625 bits per heavy atom. The molecule has 3 aromatic carbocycles. The first-order valence-corrected chi connectivity index (χ1v) is 10.5. The normalized spacial score (nSPS) is 11.1. The van der Waals surface area contributed by atoms with E-state index >= 15 is 0 Å². The van der Waals surface area contributed by atoms with Crippen molar-refractivity contribution < 1.29 is 9.47 Å². The summed E-state index contributed by atoms with van der Waals surface area (Å²) in [6.45, 7) is 4.29. The molecule has 0 aliphatic rings. The van der Waals surface area contributed by atoms with Crippen LogP contribution in [0.25, 0.3) is 21.5 Å². The third-order valence-electron chi connectivity index (χ3n) is 3.81. The molecule has 0 saturated heterocycles. The molecule has 0 N–H and O–H groups in total. The summed E-state index contributed by atoms with van der Waals surface area (Å²) >= 11 is 3.57. The molecular formula is C20H22O2S2. The first-order chi connectivity index (χ1) is 11.9. The second kappa shape index (κ2) is 8.54. The molecule has 3 rings (SSSR count). The number of rotatable bonds is 8. The molecule has 0 unspecified atom stereocenters. The van der Waals surface area contributed by atoms with E-state index in [-0.39, 0.29) is 0 Å². The van der Waals surface area contributed by atoms with E-state index in [9.17, 15) is 0 Å². The molecule has 0 aliphatic heterocycles. The van der Waals surface area contributed by atoms with Crippen LogP contribution in [0.3, 0.4) is 0 Å². The van der Waals surface area contributed by atoms with Crippen molar-refractivity contribution in [3.05, 3.63) is 48.5 Å². The summed E-state index contributed by atoms with van der Waals surface area (Å²) in [6.07, 6.45) is 0. The van der Waals surface area contributed by atoms with Crippen LogP contribution in [0.2, 0.25) is 0 Å². The van der Waals surface area contributed by atoms with Crippen LogP contribution in [0, 0.1) is 0 Å². The molecule has 0 atom stereocenters. The van der Waals surface area contributed by atoms with E-state index in [1.807, 2.05) is 0 Å². The fraction of sp³-hybridized carbons (Fsp3) is 0.300. The Morgan fingerprint density at radius 2 is 0.958 bits per heavy atom. The van der Waals surface area contributed by atoms with E-state index < -0.39 is 0 Å². The molecule has 0 spiro atoms. The maximum atomic E-state index is 6.16. The minimum Gasteiger partial charge on any atom is -0.482 e. The van der Waals surface area contributed by atoms with Gasteiger partial charge in [-0.3, -0.25) is 0 Å². The average molecular weight is 359 g/mol. The minimum atomic E-state index is 0.663. The van der Waals surface area contributed by atoms with E-state index in [0.717, 1.165) is 44.5 Å².